The molecule has 2 aliphatic rings. The number of unbranched alkanes of at least 4 members (excludes halogenated alkanes) is 3. The van der Waals surface area contributed by atoms with Gasteiger partial charge in [0.1, 0.15) is 0 Å². The molecule has 0 aromatic carbocycles. The third-order valence-corrected chi connectivity index (χ3v) is 6.43. The molecule has 2 heterocycles. The monoisotopic (exact) mass is 395 g/mol. The molecule has 2 rings (SSSR count). The zero-order valence-corrected chi connectivity index (χ0v) is 18.4. The van der Waals surface area contributed by atoms with Crippen molar-refractivity contribution in [1.29, 1.82) is 0 Å². The van der Waals surface area contributed by atoms with Gasteiger partial charge in [0.05, 0.1) is 18.8 Å². The Bertz CT molecular complexity index is 503. The molecule has 1 amide bonds. The van der Waals surface area contributed by atoms with Gasteiger partial charge < -0.3 is 9.47 Å². The van der Waals surface area contributed by atoms with E-state index in [0.717, 1.165) is 38.9 Å². The Balaban J connectivity index is 1.72. The second kappa shape index (κ2) is 11.3. The minimum Gasteiger partial charge on any atom is -0.381 e. The largest absolute Gasteiger partial charge is 0.381 e. The van der Waals surface area contributed by atoms with E-state index in [9.17, 15) is 10.0 Å². The van der Waals surface area contributed by atoms with Crippen LogP contribution in [0.15, 0.2) is 12.2 Å². The van der Waals surface area contributed by atoms with Crippen molar-refractivity contribution < 1.29 is 19.5 Å². The fraction of sp³-hybridized carbons (Fsp3) is 0.870. The lowest BCUT2D eigenvalue weighted by Crippen LogP contribution is -2.36. The van der Waals surface area contributed by atoms with E-state index in [0.29, 0.717) is 29.1 Å². The Hall–Kier alpha value is -0.910. The van der Waals surface area contributed by atoms with Crippen LogP contribution in [-0.4, -0.2) is 48.6 Å². The highest BCUT2D eigenvalue weighted by molar-refractivity contribution is 5.80. The molecule has 5 heteroatoms. The van der Waals surface area contributed by atoms with E-state index < -0.39 is 5.41 Å². The minimum atomic E-state index is -0.544. The van der Waals surface area contributed by atoms with E-state index in [1.54, 1.807) is 0 Å². The average molecular weight is 396 g/mol. The molecule has 0 aromatic rings. The van der Waals surface area contributed by atoms with Crippen molar-refractivity contribution in [3.8, 4) is 0 Å². The van der Waals surface area contributed by atoms with E-state index in [2.05, 4.69) is 19.1 Å². The smallest absolute Gasteiger partial charge is 0.251 e. The summed E-state index contributed by atoms with van der Waals surface area (Å²) in [6.07, 6.45) is 15.2. The van der Waals surface area contributed by atoms with Crippen molar-refractivity contribution in [1.82, 2.24) is 5.06 Å². The average Bonchev–Trinajstić information content (AvgIpc) is 3.25. The van der Waals surface area contributed by atoms with E-state index >= 15 is 0 Å². The van der Waals surface area contributed by atoms with Gasteiger partial charge >= 0.3 is 0 Å². The Kier molecular flexibility index (Phi) is 9.45. The summed E-state index contributed by atoms with van der Waals surface area (Å²) < 4.78 is 12.2. The zero-order chi connectivity index (χ0) is 20.6. The molecule has 0 radical (unpaired) electrons. The molecule has 2 bridgehead atoms. The number of nitrogens with zero attached hydrogens (tertiary/aromatic N) is 1. The summed E-state index contributed by atoms with van der Waals surface area (Å²) in [4.78, 5) is 12.0. The van der Waals surface area contributed by atoms with Crippen LogP contribution in [0.2, 0.25) is 0 Å². The number of allylic oxidation sites excluding steroid dienone is 2. The highest BCUT2D eigenvalue weighted by Gasteiger charge is 2.48. The van der Waals surface area contributed by atoms with Gasteiger partial charge in [0.15, 0.2) is 0 Å². The number of carbonyl (C=O) groups is 1. The number of fused-ring (bicyclic) bond motifs is 2. The first-order valence-corrected chi connectivity index (χ1v) is 11.2. The summed E-state index contributed by atoms with van der Waals surface area (Å²) in [6, 6.07) is 0. The lowest BCUT2D eigenvalue weighted by Gasteiger charge is -2.27. The molecule has 162 valence electrons. The number of hydrogen-bond donors (Lipinski definition) is 1. The van der Waals surface area contributed by atoms with Crippen molar-refractivity contribution in [3.05, 3.63) is 12.2 Å². The van der Waals surface area contributed by atoms with Gasteiger partial charge in [-0.25, -0.2) is 5.06 Å². The first-order chi connectivity index (χ1) is 13.4. The van der Waals surface area contributed by atoms with Crippen LogP contribution in [0.4, 0.5) is 0 Å². The van der Waals surface area contributed by atoms with E-state index in [4.69, 9.17) is 9.47 Å². The summed E-state index contributed by atoms with van der Waals surface area (Å²) in [5.74, 6) is 0.845. The number of carbonyl (C=O) groups excluding carboxylic acids is 1. The van der Waals surface area contributed by atoms with Crippen LogP contribution in [0.3, 0.4) is 0 Å². The van der Waals surface area contributed by atoms with Crippen LogP contribution in [0, 0.1) is 17.3 Å². The lowest BCUT2D eigenvalue weighted by atomic mass is 9.78. The van der Waals surface area contributed by atoms with Crippen LogP contribution in [-0.2, 0) is 14.3 Å². The molecular formula is C23H41NO4. The quantitative estimate of drug-likeness (QED) is 0.207. The van der Waals surface area contributed by atoms with Gasteiger partial charge in [-0.2, -0.15) is 0 Å². The van der Waals surface area contributed by atoms with Crippen molar-refractivity contribution in [3.63, 3.8) is 0 Å². The van der Waals surface area contributed by atoms with Gasteiger partial charge in [0.2, 0.25) is 0 Å². The molecule has 0 aliphatic carbocycles. The first kappa shape index (κ1) is 23.4. The fourth-order valence-corrected chi connectivity index (χ4v) is 4.64. The predicted molar refractivity (Wildman–Crippen MR) is 111 cm³/mol. The predicted octanol–water partition coefficient (Wildman–Crippen LogP) is 4.98. The van der Waals surface area contributed by atoms with Crippen LogP contribution >= 0.6 is 0 Å². The summed E-state index contributed by atoms with van der Waals surface area (Å²) in [5.41, 5.74) is -0.544. The second-order valence-electron chi connectivity index (χ2n) is 9.21. The normalized spacial score (nSPS) is 27.0. The zero-order valence-electron chi connectivity index (χ0n) is 18.4. The maximum Gasteiger partial charge on any atom is 0.251 e. The molecule has 4 atom stereocenters. The van der Waals surface area contributed by atoms with Crippen molar-refractivity contribution in [2.75, 3.05) is 20.3 Å². The number of hydrogen-bond acceptors (Lipinski definition) is 4. The molecule has 0 aromatic heterocycles. The first-order valence-electron chi connectivity index (χ1n) is 11.2. The van der Waals surface area contributed by atoms with E-state index in [1.807, 2.05) is 13.8 Å². The third kappa shape index (κ3) is 6.57. The van der Waals surface area contributed by atoms with Gasteiger partial charge in [0, 0.05) is 25.0 Å². The van der Waals surface area contributed by atoms with E-state index in [1.165, 1.54) is 39.2 Å². The van der Waals surface area contributed by atoms with Crippen LogP contribution in [0.5, 0.6) is 0 Å². The van der Waals surface area contributed by atoms with Crippen molar-refractivity contribution >= 4 is 5.91 Å². The number of rotatable bonds is 13. The number of hydroxylamine groups is 2. The van der Waals surface area contributed by atoms with Gasteiger partial charge in [-0.05, 0) is 44.4 Å². The fourth-order valence-electron chi connectivity index (χ4n) is 4.64. The van der Waals surface area contributed by atoms with Gasteiger partial charge in [0.25, 0.3) is 5.91 Å². The Morgan fingerprint density at radius 1 is 1.18 bits per heavy atom. The molecule has 1 N–H and O–H groups in total. The molecular weight excluding hydrogens is 354 g/mol. The minimum absolute atomic E-state index is 0.237. The Labute approximate surface area is 171 Å². The summed E-state index contributed by atoms with van der Waals surface area (Å²) in [7, 11) is 1.39. The van der Waals surface area contributed by atoms with Gasteiger partial charge in [-0.1, -0.05) is 52.2 Å². The molecule has 0 saturated carbocycles. The molecule has 28 heavy (non-hydrogen) atoms. The topological polar surface area (TPSA) is 59.0 Å². The maximum atomic E-state index is 12.0. The molecule has 2 aliphatic heterocycles. The van der Waals surface area contributed by atoms with E-state index in [-0.39, 0.29) is 5.91 Å². The van der Waals surface area contributed by atoms with Gasteiger partial charge in [-0.3, -0.25) is 10.0 Å². The SMILES string of the molecule is CCCCCCOC[C@@H]1[C@H](CC=CCCC(C)(C)C(=O)N(C)O)[C@@H]2CC[C@H]1O2. The van der Waals surface area contributed by atoms with Crippen molar-refractivity contribution in [2.24, 2.45) is 17.3 Å². The number of amides is 1. The van der Waals surface area contributed by atoms with Crippen LogP contribution < -0.4 is 0 Å². The summed E-state index contributed by atoms with van der Waals surface area (Å²) >= 11 is 0. The number of ether oxygens (including phenoxy) is 2. The standard InChI is InChI=1S/C23H41NO4/c1-5-6-7-11-16-27-17-19-18(20-13-14-21(19)28-20)12-9-8-10-15-23(2,3)22(25)24(4)26/h8-9,18-21,26H,5-7,10-17H2,1-4H3/t18-,19+,20-,21+/m0/s1. The third-order valence-electron chi connectivity index (χ3n) is 6.43. The highest BCUT2D eigenvalue weighted by Crippen LogP contribution is 2.45. The summed E-state index contributed by atoms with van der Waals surface area (Å²) in [6.45, 7) is 7.70. The molecule has 2 fully saturated rings. The maximum absolute atomic E-state index is 12.0. The van der Waals surface area contributed by atoms with Gasteiger partial charge in [-0.15, -0.1) is 0 Å². The molecule has 0 unspecified atom stereocenters. The second-order valence-corrected chi connectivity index (χ2v) is 9.21. The highest BCUT2D eigenvalue weighted by atomic mass is 16.5. The summed E-state index contributed by atoms with van der Waals surface area (Å²) in [5, 5.41) is 10.1. The Morgan fingerprint density at radius 2 is 1.89 bits per heavy atom. The van der Waals surface area contributed by atoms with Crippen molar-refractivity contribution in [2.45, 2.75) is 90.8 Å². The molecule has 0 spiro atoms. The molecule has 2 saturated heterocycles. The molecule has 5 nitrogen and oxygen atoms in total. The Morgan fingerprint density at radius 3 is 2.57 bits per heavy atom. The van der Waals surface area contributed by atoms with Crippen LogP contribution in [0.25, 0.3) is 0 Å². The van der Waals surface area contributed by atoms with Crippen LogP contribution in [0.1, 0.15) is 78.6 Å². The lowest BCUT2D eigenvalue weighted by molar-refractivity contribution is -0.169.